The normalized spacial score (nSPS) is 15.9. The van der Waals surface area contributed by atoms with Gasteiger partial charge in [-0.1, -0.05) is 12.1 Å². The summed E-state index contributed by atoms with van der Waals surface area (Å²) < 4.78 is 5.34. The number of aromatic nitrogens is 3. The zero-order chi connectivity index (χ0) is 22.2. The second-order valence-electron chi connectivity index (χ2n) is 8.04. The Bertz CT molecular complexity index is 1290. The highest BCUT2D eigenvalue weighted by Gasteiger charge is 2.33. The van der Waals surface area contributed by atoms with Crippen LogP contribution in [0.2, 0.25) is 0 Å². The summed E-state index contributed by atoms with van der Waals surface area (Å²) in [6.07, 6.45) is 1.80. The van der Waals surface area contributed by atoms with Gasteiger partial charge in [0.15, 0.2) is 5.82 Å². The standard InChI is InChI=1S/C24H25N5O3/c1-15-23(27-21-6-4-3-5-20(21)26-15)29-11-9-28(10-12-29)22(24(30)31)18-14-25-19-8-7-16(32-2)13-17(18)19/h3-8,13-14,22,25H,9-12H2,1-2H3,(H,30,31)/t22-/m0/s1. The van der Waals surface area contributed by atoms with Crippen molar-refractivity contribution in [2.75, 3.05) is 38.2 Å². The summed E-state index contributed by atoms with van der Waals surface area (Å²) in [7, 11) is 1.61. The third kappa shape index (κ3) is 3.52. The molecule has 0 amide bonds. The van der Waals surface area contributed by atoms with Gasteiger partial charge >= 0.3 is 5.97 Å². The van der Waals surface area contributed by atoms with Crippen molar-refractivity contribution in [1.82, 2.24) is 19.9 Å². The summed E-state index contributed by atoms with van der Waals surface area (Å²) in [6.45, 7) is 4.57. The maximum Gasteiger partial charge on any atom is 0.325 e. The monoisotopic (exact) mass is 431 g/mol. The number of ether oxygens (including phenoxy) is 1. The van der Waals surface area contributed by atoms with Crippen LogP contribution < -0.4 is 9.64 Å². The first kappa shape index (κ1) is 20.3. The van der Waals surface area contributed by atoms with E-state index in [1.54, 1.807) is 13.3 Å². The molecule has 2 aromatic carbocycles. The second kappa shape index (κ2) is 8.12. The number of H-pyrrole nitrogens is 1. The van der Waals surface area contributed by atoms with E-state index in [2.05, 4.69) is 9.88 Å². The summed E-state index contributed by atoms with van der Waals surface area (Å²) in [4.78, 5) is 29.3. The summed E-state index contributed by atoms with van der Waals surface area (Å²) in [5.41, 5.74) is 4.28. The van der Waals surface area contributed by atoms with Crippen LogP contribution in [0.15, 0.2) is 48.7 Å². The number of aryl methyl sites for hydroxylation is 1. The lowest BCUT2D eigenvalue weighted by atomic mass is 10.0. The number of piperazine rings is 1. The molecule has 8 nitrogen and oxygen atoms in total. The molecule has 1 saturated heterocycles. The molecule has 0 spiro atoms. The quantitative estimate of drug-likeness (QED) is 0.500. The van der Waals surface area contributed by atoms with E-state index < -0.39 is 12.0 Å². The predicted octanol–water partition coefficient (Wildman–Crippen LogP) is 3.38. The first-order chi connectivity index (χ1) is 15.5. The van der Waals surface area contributed by atoms with Crippen LogP contribution in [0.3, 0.4) is 0 Å². The number of carboxylic acids is 1. The number of benzene rings is 2. The van der Waals surface area contributed by atoms with Crippen LogP contribution in [-0.4, -0.2) is 64.2 Å². The number of hydrogen-bond donors (Lipinski definition) is 2. The summed E-state index contributed by atoms with van der Waals surface area (Å²) >= 11 is 0. The molecule has 0 saturated carbocycles. The topological polar surface area (TPSA) is 94.6 Å². The molecule has 32 heavy (non-hydrogen) atoms. The van der Waals surface area contributed by atoms with Gasteiger partial charge in [-0.15, -0.1) is 0 Å². The van der Waals surface area contributed by atoms with E-state index in [9.17, 15) is 9.90 Å². The number of nitrogens with one attached hydrogen (secondary N) is 1. The minimum absolute atomic E-state index is 0.613. The molecule has 5 rings (SSSR count). The first-order valence-corrected chi connectivity index (χ1v) is 10.7. The lowest BCUT2D eigenvalue weighted by Gasteiger charge is -2.38. The van der Waals surface area contributed by atoms with Crippen LogP contribution in [0.4, 0.5) is 5.82 Å². The number of nitrogens with zero attached hydrogens (tertiary/aromatic N) is 4. The van der Waals surface area contributed by atoms with E-state index in [1.165, 1.54) is 0 Å². The molecule has 3 heterocycles. The Kier molecular flexibility index (Phi) is 5.14. The fraction of sp³-hybridized carbons (Fsp3) is 0.292. The van der Waals surface area contributed by atoms with Crippen molar-refractivity contribution in [3.63, 3.8) is 0 Å². The highest BCUT2D eigenvalue weighted by atomic mass is 16.5. The van der Waals surface area contributed by atoms with Gasteiger partial charge in [0.05, 0.1) is 23.8 Å². The van der Waals surface area contributed by atoms with Crippen LogP contribution in [0.5, 0.6) is 5.75 Å². The molecule has 164 valence electrons. The van der Waals surface area contributed by atoms with Crippen LogP contribution in [0.25, 0.3) is 21.9 Å². The lowest BCUT2D eigenvalue weighted by Crippen LogP contribution is -2.49. The van der Waals surface area contributed by atoms with Crippen LogP contribution >= 0.6 is 0 Å². The number of methoxy groups -OCH3 is 1. The van der Waals surface area contributed by atoms with Crippen molar-refractivity contribution >= 4 is 33.7 Å². The van der Waals surface area contributed by atoms with E-state index in [0.29, 0.717) is 31.9 Å². The van der Waals surface area contributed by atoms with E-state index >= 15 is 0 Å². The van der Waals surface area contributed by atoms with Crippen LogP contribution in [0, 0.1) is 6.92 Å². The molecular formula is C24H25N5O3. The van der Waals surface area contributed by atoms with Gasteiger partial charge in [0.1, 0.15) is 11.8 Å². The zero-order valence-electron chi connectivity index (χ0n) is 18.1. The molecular weight excluding hydrogens is 406 g/mol. The minimum Gasteiger partial charge on any atom is -0.497 e. The molecule has 0 bridgehead atoms. The molecule has 0 radical (unpaired) electrons. The average Bonchev–Trinajstić information content (AvgIpc) is 3.22. The Hall–Kier alpha value is -3.65. The Morgan fingerprint density at radius 3 is 2.50 bits per heavy atom. The molecule has 2 aromatic heterocycles. The van der Waals surface area contributed by atoms with Gasteiger partial charge in [0, 0.05) is 48.8 Å². The van der Waals surface area contributed by atoms with Gasteiger partial charge in [-0.25, -0.2) is 9.97 Å². The SMILES string of the molecule is COc1ccc2[nH]cc([C@@H](C(=O)O)N3CCN(c4nc5ccccc5nc4C)CC3)c2c1. The van der Waals surface area contributed by atoms with Crippen molar-refractivity contribution in [2.24, 2.45) is 0 Å². The fourth-order valence-corrected chi connectivity index (χ4v) is 4.53. The molecule has 1 aliphatic heterocycles. The summed E-state index contributed by atoms with van der Waals surface area (Å²) in [6, 6.07) is 12.8. The van der Waals surface area contributed by atoms with Gasteiger partial charge in [-0.2, -0.15) is 0 Å². The van der Waals surface area contributed by atoms with Gasteiger partial charge in [-0.3, -0.25) is 9.69 Å². The van der Waals surface area contributed by atoms with Gasteiger partial charge in [0.25, 0.3) is 0 Å². The minimum atomic E-state index is -0.858. The molecule has 1 aliphatic rings. The zero-order valence-corrected chi connectivity index (χ0v) is 18.1. The largest absolute Gasteiger partial charge is 0.497 e. The maximum atomic E-state index is 12.3. The second-order valence-corrected chi connectivity index (χ2v) is 8.04. The maximum absolute atomic E-state index is 12.3. The molecule has 4 aromatic rings. The Morgan fingerprint density at radius 1 is 1.09 bits per heavy atom. The number of fused-ring (bicyclic) bond motifs is 2. The summed E-state index contributed by atoms with van der Waals surface area (Å²) in [5, 5.41) is 11.0. The molecule has 8 heteroatoms. The molecule has 2 N–H and O–H groups in total. The first-order valence-electron chi connectivity index (χ1n) is 10.7. The van der Waals surface area contributed by atoms with Crippen LogP contribution in [-0.2, 0) is 4.79 Å². The molecule has 0 aliphatic carbocycles. The van der Waals surface area contributed by atoms with E-state index in [-0.39, 0.29) is 0 Å². The van der Waals surface area contributed by atoms with Crippen molar-refractivity contribution in [3.8, 4) is 5.75 Å². The van der Waals surface area contributed by atoms with Crippen molar-refractivity contribution in [2.45, 2.75) is 13.0 Å². The number of anilines is 1. The third-order valence-corrected chi connectivity index (χ3v) is 6.15. The highest BCUT2D eigenvalue weighted by molar-refractivity contribution is 5.90. The van der Waals surface area contributed by atoms with E-state index in [1.807, 2.05) is 54.3 Å². The number of carboxylic acid groups (broad SMARTS) is 1. The molecule has 0 unspecified atom stereocenters. The van der Waals surface area contributed by atoms with Crippen molar-refractivity contribution in [3.05, 3.63) is 59.9 Å². The van der Waals surface area contributed by atoms with Gasteiger partial charge in [0.2, 0.25) is 0 Å². The van der Waals surface area contributed by atoms with Gasteiger partial charge < -0.3 is 19.7 Å². The number of aromatic amines is 1. The predicted molar refractivity (Wildman–Crippen MR) is 123 cm³/mol. The molecule has 1 atom stereocenters. The lowest BCUT2D eigenvalue weighted by molar-refractivity contribution is -0.143. The smallest absolute Gasteiger partial charge is 0.325 e. The number of para-hydroxylation sites is 2. The number of hydrogen-bond acceptors (Lipinski definition) is 6. The van der Waals surface area contributed by atoms with E-state index in [4.69, 9.17) is 14.7 Å². The number of aliphatic carboxylic acids is 1. The Labute approximate surface area is 185 Å². The fourth-order valence-electron chi connectivity index (χ4n) is 4.53. The molecule has 1 fully saturated rings. The van der Waals surface area contributed by atoms with Crippen LogP contribution in [0.1, 0.15) is 17.3 Å². The van der Waals surface area contributed by atoms with E-state index in [0.717, 1.165) is 39.0 Å². The third-order valence-electron chi connectivity index (χ3n) is 6.15. The number of rotatable bonds is 5. The Balaban J connectivity index is 1.40. The van der Waals surface area contributed by atoms with Gasteiger partial charge in [-0.05, 0) is 37.3 Å². The highest BCUT2D eigenvalue weighted by Crippen LogP contribution is 2.32. The Morgan fingerprint density at radius 2 is 1.81 bits per heavy atom. The summed E-state index contributed by atoms with van der Waals surface area (Å²) in [5.74, 6) is 0.716. The number of carbonyl (C=O) groups is 1. The van der Waals surface area contributed by atoms with Crippen molar-refractivity contribution < 1.29 is 14.6 Å². The van der Waals surface area contributed by atoms with Crippen molar-refractivity contribution in [1.29, 1.82) is 0 Å². The average molecular weight is 431 g/mol.